The molecule has 1 heterocycles. The quantitative estimate of drug-likeness (QED) is 0.675. The Morgan fingerprint density at radius 2 is 2.27 bits per heavy atom. The zero-order valence-corrected chi connectivity index (χ0v) is 12.3. The largest absolute Gasteiger partial charge is 0.504 e. The van der Waals surface area contributed by atoms with Gasteiger partial charge in [-0.2, -0.15) is 5.26 Å². The van der Waals surface area contributed by atoms with E-state index in [0.29, 0.717) is 29.0 Å². The minimum Gasteiger partial charge on any atom is -0.504 e. The van der Waals surface area contributed by atoms with E-state index in [4.69, 9.17) is 4.74 Å². The maximum absolute atomic E-state index is 10.1. The number of aromatic hydroxyl groups is 1. The number of allylic oxidation sites excluding steroid dienone is 2. The molecule has 0 aliphatic carbocycles. The standard InChI is InChI=1S/C18H16N2O2/c1-3-6-14-9-13(11-17(22-2)18(14)21)10-15(12-19)16-7-4-5-8-20-16/h3-5,7-11,21H,1,6H2,2H3/b15-10+. The minimum atomic E-state index is 0.0934. The number of methoxy groups -OCH3 is 1. The van der Waals surface area contributed by atoms with E-state index < -0.39 is 0 Å². The molecule has 1 N–H and O–H groups in total. The summed E-state index contributed by atoms with van der Waals surface area (Å²) in [6, 6.07) is 11.0. The van der Waals surface area contributed by atoms with Crippen molar-refractivity contribution in [2.24, 2.45) is 0 Å². The van der Waals surface area contributed by atoms with Crippen LogP contribution in [0.2, 0.25) is 0 Å². The molecule has 0 fully saturated rings. The van der Waals surface area contributed by atoms with E-state index in [1.54, 1.807) is 42.6 Å². The zero-order valence-electron chi connectivity index (χ0n) is 12.3. The molecule has 0 aliphatic rings. The molecule has 0 atom stereocenters. The van der Waals surface area contributed by atoms with Crippen LogP contribution in [0, 0.1) is 11.3 Å². The Labute approximate surface area is 129 Å². The second kappa shape index (κ2) is 7.09. The third-order valence-corrected chi connectivity index (χ3v) is 3.13. The zero-order chi connectivity index (χ0) is 15.9. The van der Waals surface area contributed by atoms with Gasteiger partial charge in [-0.15, -0.1) is 6.58 Å². The molecule has 22 heavy (non-hydrogen) atoms. The van der Waals surface area contributed by atoms with Gasteiger partial charge in [-0.25, -0.2) is 0 Å². The van der Waals surface area contributed by atoms with Crippen molar-refractivity contribution in [3.05, 3.63) is 66.0 Å². The molecule has 4 nitrogen and oxygen atoms in total. The van der Waals surface area contributed by atoms with E-state index in [2.05, 4.69) is 17.6 Å². The fourth-order valence-electron chi connectivity index (χ4n) is 2.09. The van der Waals surface area contributed by atoms with Crippen molar-refractivity contribution in [1.29, 1.82) is 5.26 Å². The number of nitriles is 1. The van der Waals surface area contributed by atoms with Crippen LogP contribution in [-0.2, 0) is 6.42 Å². The Morgan fingerprint density at radius 1 is 1.45 bits per heavy atom. The third kappa shape index (κ3) is 3.33. The fraction of sp³-hybridized carbons (Fsp3) is 0.111. The Balaban J connectivity index is 2.52. The summed E-state index contributed by atoms with van der Waals surface area (Å²) >= 11 is 0. The van der Waals surface area contributed by atoms with E-state index in [-0.39, 0.29) is 5.75 Å². The van der Waals surface area contributed by atoms with E-state index >= 15 is 0 Å². The number of pyridine rings is 1. The Bertz CT molecular complexity index is 744. The van der Waals surface area contributed by atoms with Gasteiger partial charge in [0.05, 0.1) is 18.4 Å². The summed E-state index contributed by atoms with van der Waals surface area (Å²) in [6.07, 6.45) is 5.57. The first kappa shape index (κ1) is 15.3. The number of hydrogen-bond acceptors (Lipinski definition) is 4. The fourth-order valence-corrected chi connectivity index (χ4v) is 2.09. The molecule has 0 saturated heterocycles. The Morgan fingerprint density at radius 3 is 2.86 bits per heavy atom. The van der Waals surface area contributed by atoms with Gasteiger partial charge in [-0.05, 0) is 42.3 Å². The summed E-state index contributed by atoms with van der Waals surface area (Å²) in [5.41, 5.74) is 2.49. The summed E-state index contributed by atoms with van der Waals surface area (Å²) in [4.78, 5) is 4.18. The van der Waals surface area contributed by atoms with Crippen molar-refractivity contribution in [2.45, 2.75) is 6.42 Å². The number of nitrogens with zero attached hydrogens (tertiary/aromatic N) is 2. The average Bonchev–Trinajstić information content (AvgIpc) is 2.56. The van der Waals surface area contributed by atoms with Gasteiger partial charge in [0.2, 0.25) is 0 Å². The number of benzene rings is 1. The minimum absolute atomic E-state index is 0.0934. The number of rotatable bonds is 5. The summed E-state index contributed by atoms with van der Waals surface area (Å²) in [5, 5.41) is 19.4. The lowest BCUT2D eigenvalue weighted by molar-refractivity contribution is 0.371. The highest BCUT2D eigenvalue weighted by Crippen LogP contribution is 2.33. The van der Waals surface area contributed by atoms with Crippen LogP contribution in [0.3, 0.4) is 0 Å². The SMILES string of the molecule is C=CCc1cc(/C=C(\C#N)c2ccccn2)cc(OC)c1O. The number of phenolic OH excluding ortho intramolecular Hbond substituents is 1. The van der Waals surface area contributed by atoms with Crippen molar-refractivity contribution in [3.8, 4) is 17.6 Å². The van der Waals surface area contributed by atoms with Crippen LogP contribution < -0.4 is 4.74 Å². The second-order valence-electron chi connectivity index (χ2n) is 4.61. The van der Waals surface area contributed by atoms with Crippen LogP contribution in [0.4, 0.5) is 0 Å². The van der Waals surface area contributed by atoms with Gasteiger partial charge in [0, 0.05) is 11.8 Å². The first-order chi connectivity index (χ1) is 10.7. The van der Waals surface area contributed by atoms with Crippen molar-refractivity contribution < 1.29 is 9.84 Å². The summed E-state index contributed by atoms with van der Waals surface area (Å²) in [6.45, 7) is 3.68. The molecule has 2 rings (SSSR count). The first-order valence-electron chi connectivity index (χ1n) is 6.73. The first-order valence-corrected chi connectivity index (χ1v) is 6.73. The van der Waals surface area contributed by atoms with Gasteiger partial charge in [0.25, 0.3) is 0 Å². The molecular formula is C18H16N2O2. The Kier molecular flexibility index (Phi) is 4.94. The lowest BCUT2D eigenvalue weighted by atomic mass is 10.0. The average molecular weight is 292 g/mol. The van der Waals surface area contributed by atoms with Crippen LogP contribution in [0.15, 0.2) is 49.2 Å². The molecule has 1 aromatic carbocycles. The smallest absolute Gasteiger partial charge is 0.161 e. The highest BCUT2D eigenvalue weighted by molar-refractivity contribution is 5.88. The lowest BCUT2D eigenvalue weighted by Gasteiger charge is -2.10. The Hall–Kier alpha value is -3.06. The van der Waals surface area contributed by atoms with E-state index in [9.17, 15) is 10.4 Å². The second-order valence-corrected chi connectivity index (χ2v) is 4.61. The highest BCUT2D eigenvalue weighted by Gasteiger charge is 2.10. The van der Waals surface area contributed by atoms with E-state index in [1.165, 1.54) is 7.11 Å². The monoisotopic (exact) mass is 292 g/mol. The van der Waals surface area contributed by atoms with Crippen molar-refractivity contribution in [3.63, 3.8) is 0 Å². The molecule has 2 aromatic rings. The molecule has 0 radical (unpaired) electrons. The van der Waals surface area contributed by atoms with Gasteiger partial charge < -0.3 is 9.84 Å². The van der Waals surface area contributed by atoms with Crippen molar-refractivity contribution in [1.82, 2.24) is 4.98 Å². The normalized spacial score (nSPS) is 10.8. The maximum atomic E-state index is 10.1. The summed E-state index contributed by atoms with van der Waals surface area (Å²) in [5.74, 6) is 0.458. The van der Waals surface area contributed by atoms with Gasteiger partial charge in [-0.3, -0.25) is 4.98 Å². The van der Waals surface area contributed by atoms with Crippen LogP contribution >= 0.6 is 0 Å². The molecule has 0 saturated carbocycles. The van der Waals surface area contributed by atoms with Crippen LogP contribution in [0.1, 0.15) is 16.8 Å². The molecule has 4 heteroatoms. The highest BCUT2D eigenvalue weighted by atomic mass is 16.5. The molecule has 110 valence electrons. The number of hydrogen-bond donors (Lipinski definition) is 1. The summed E-state index contributed by atoms with van der Waals surface area (Å²) in [7, 11) is 1.49. The van der Waals surface area contributed by atoms with E-state index in [1.807, 2.05) is 6.07 Å². The third-order valence-electron chi connectivity index (χ3n) is 3.13. The van der Waals surface area contributed by atoms with E-state index in [0.717, 1.165) is 5.56 Å². The predicted octanol–water partition coefficient (Wildman–Crippen LogP) is 3.59. The number of aromatic nitrogens is 1. The van der Waals surface area contributed by atoms with Crippen LogP contribution in [0.25, 0.3) is 11.6 Å². The molecule has 0 amide bonds. The predicted molar refractivity (Wildman–Crippen MR) is 86.3 cm³/mol. The molecule has 0 unspecified atom stereocenters. The number of ether oxygens (including phenoxy) is 1. The van der Waals surface area contributed by atoms with Crippen molar-refractivity contribution >= 4 is 11.6 Å². The summed E-state index contributed by atoms with van der Waals surface area (Å²) < 4.78 is 5.18. The molecular weight excluding hydrogens is 276 g/mol. The van der Waals surface area contributed by atoms with Crippen molar-refractivity contribution in [2.75, 3.05) is 7.11 Å². The van der Waals surface area contributed by atoms with Gasteiger partial charge in [-0.1, -0.05) is 12.1 Å². The lowest BCUT2D eigenvalue weighted by Crippen LogP contribution is -1.92. The molecule has 0 bridgehead atoms. The van der Waals surface area contributed by atoms with Gasteiger partial charge in [0.15, 0.2) is 11.5 Å². The van der Waals surface area contributed by atoms with Crippen LogP contribution in [-0.4, -0.2) is 17.2 Å². The molecule has 1 aromatic heterocycles. The molecule has 0 aliphatic heterocycles. The van der Waals surface area contributed by atoms with Crippen LogP contribution in [0.5, 0.6) is 11.5 Å². The van der Waals surface area contributed by atoms with Gasteiger partial charge >= 0.3 is 0 Å². The topological polar surface area (TPSA) is 66.1 Å². The van der Waals surface area contributed by atoms with Gasteiger partial charge in [0.1, 0.15) is 6.07 Å². The number of phenols is 1. The maximum Gasteiger partial charge on any atom is 0.161 e. The molecule has 0 spiro atoms.